The number of carbonyl (C=O) groups excluding carboxylic acids is 1. The number of nitrogens with two attached hydrogens (primary N) is 1. The van der Waals surface area contributed by atoms with E-state index in [9.17, 15) is 9.18 Å². The lowest BCUT2D eigenvalue weighted by Gasteiger charge is -2.10. The van der Waals surface area contributed by atoms with Gasteiger partial charge in [0.25, 0.3) is 5.91 Å². The van der Waals surface area contributed by atoms with Gasteiger partial charge in [-0.3, -0.25) is 4.79 Å². The van der Waals surface area contributed by atoms with Crippen LogP contribution in [0.15, 0.2) is 35.5 Å². The largest absolute Gasteiger partial charge is 0.409 e. The second kappa shape index (κ2) is 5.70. The minimum Gasteiger partial charge on any atom is -0.409 e. The standard InChI is InChI=1S/C13H12FN3O2S/c1-7-5-6-10(20-7)13(18)16-9-4-2-3-8(14)11(9)12(15)17-19/h2-6,19H,1H3,(H2,15,17)(H,16,18). The molecule has 2 rings (SSSR count). The van der Waals surface area contributed by atoms with Crippen LogP contribution in [0.1, 0.15) is 20.1 Å². The molecule has 1 aromatic carbocycles. The maximum atomic E-state index is 13.7. The summed E-state index contributed by atoms with van der Waals surface area (Å²) in [5.41, 5.74) is 5.43. The van der Waals surface area contributed by atoms with Crippen LogP contribution in [0.25, 0.3) is 0 Å². The molecule has 4 N–H and O–H groups in total. The van der Waals surface area contributed by atoms with Crippen LogP contribution in [0, 0.1) is 12.7 Å². The summed E-state index contributed by atoms with van der Waals surface area (Å²) >= 11 is 1.32. The molecule has 0 aliphatic carbocycles. The van der Waals surface area contributed by atoms with Crippen molar-refractivity contribution in [3.63, 3.8) is 0 Å². The Hall–Kier alpha value is -2.41. The first-order valence-corrected chi connectivity index (χ1v) is 6.48. The number of thiophene rings is 1. The molecule has 1 heterocycles. The van der Waals surface area contributed by atoms with Gasteiger partial charge in [0.2, 0.25) is 0 Å². The van der Waals surface area contributed by atoms with Crippen LogP contribution in [-0.2, 0) is 0 Å². The van der Waals surface area contributed by atoms with Crippen molar-refractivity contribution in [3.05, 3.63) is 51.5 Å². The number of carbonyl (C=O) groups is 1. The molecule has 104 valence electrons. The van der Waals surface area contributed by atoms with Gasteiger partial charge in [0.05, 0.1) is 16.1 Å². The molecule has 2 aromatic rings. The minimum absolute atomic E-state index is 0.142. The summed E-state index contributed by atoms with van der Waals surface area (Å²) in [5, 5.41) is 14.0. The Balaban J connectivity index is 2.34. The third-order valence-electron chi connectivity index (χ3n) is 2.59. The summed E-state index contributed by atoms with van der Waals surface area (Å²) in [5.74, 6) is -1.46. The van der Waals surface area contributed by atoms with Crippen LogP contribution in [0.5, 0.6) is 0 Å². The summed E-state index contributed by atoms with van der Waals surface area (Å²) in [4.78, 5) is 13.5. The van der Waals surface area contributed by atoms with E-state index in [-0.39, 0.29) is 17.2 Å². The van der Waals surface area contributed by atoms with Gasteiger partial charge in [0.15, 0.2) is 5.84 Å². The number of hydrogen-bond donors (Lipinski definition) is 3. The molecule has 0 radical (unpaired) electrons. The molecule has 0 spiro atoms. The molecule has 1 aromatic heterocycles. The van der Waals surface area contributed by atoms with E-state index < -0.39 is 11.7 Å². The van der Waals surface area contributed by atoms with E-state index in [1.54, 1.807) is 6.07 Å². The fraction of sp³-hybridized carbons (Fsp3) is 0.0769. The van der Waals surface area contributed by atoms with E-state index in [1.165, 1.54) is 23.5 Å². The van der Waals surface area contributed by atoms with E-state index in [0.717, 1.165) is 10.9 Å². The molecule has 0 bridgehead atoms. The summed E-state index contributed by atoms with van der Waals surface area (Å²) in [7, 11) is 0. The number of amidine groups is 1. The van der Waals surface area contributed by atoms with Crippen LogP contribution in [-0.4, -0.2) is 17.0 Å². The maximum absolute atomic E-state index is 13.7. The third kappa shape index (κ3) is 2.77. The van der Waals surface area contributed by atoms with Gasteiger partial charge in [-0.15, -0.1) is 11.3 Å². The van der Waals surface area contributed by atoms with Gasteiger partial charge in [-0.25, -0.2) is 4.39 Å². The number of nitrogens with one attached hydrogen (secondary N) is 1. The zero-order valence-electron chi connectivity index (χ0n) is 10.6. The average Bonchev–Trinajstić information content (AvgIpc) is 2.85. The number of oxime groups is 1. The van der Waals surface area contributed by atoms with Crippen LogP contribution < -0.4 is 11.1 Å². The first-order valence-electron chi connectivity index (χ1n) is 5.67. The summed E-state index contributed by atoms with van der Waals surface area (Å²) < 4.78 is 13.7. The van der Waals surface area contributed by atoms with Crippen molar-refractivity contribution in [1.29, 1.82) is 0 Å². The predicted octanol–water partition coefficient (Wildman–Crippen LogP) is 2.54. The average molecular weight is 293 g/mol. The van der Waals surface area contributed by atoms with E-state index in [1.807, 2.05) is 13.0 Å². The zero-order valence-corrected chi connectivity index (χ0v) is 11.4. The molecule has 1 amide bonds. The Morgan fingerprint density at radius 2 is 2.15 bits per heavy atom. The first kappa shape index (κ1) is 14.0. The number of rotatable bonds is 3. The van der Waals surface area contributed by atoms with Crippen molar-refractivity contribution in [3.8, 4) is 0 Å². The number of halogens is 1. The quantitative estimate of drug-likeness (QED) is 0.352. The van der Waals surface area contributed by atoms with E-state index in [4.69, 9.17) is 10.9 Å². The third-order valence-corrected chi connectivity index (χ3v) is 3.59. The van der Waals surface area contributed by atoms with Crippen molar-refractivity contribution in [2.75, 3.05) is 5.32 Å². The number of anilines is 1. The molecule has 5 nitrogen and oxygen atoms in total. The van der Waals surface area contributed by atoms with E-state index in [0.29, 0.717) is 4.88 Å². The molecule has 0 saturated heterocycles. The summed E-state index contributed by atoms with van der Waals surface area (Å²) in [6.45, 7) is 1.88. The van der Waals surface area contributed by atoms with Gasteiger partial charge in [-0.2, -0.15) is 0 Å². The van der Waals surface area contributed by atoms with Gasteiger partial charge in [0, 0.05) is 4.88 Å². The molecule has 0 atom stereocenters. The Kier molecular flexibility index (Phi) is 3.99. The second-order valence-electron chi connectivity index (χ2n) is 4.01. The van der Waals surface area contributed by atoms with Crippen molar-refractivity contribution < 1.29 is 14.4 Å². The Labute approximate surface area is 118 Å². The van der Waals surface area contributed by atoms with Crippen LogP contribution in [0.4, 0.5) is 10.1 Å². The summed E-state index contributed by atoms with van der Waals surface area (Å²) in [6.07, 6.45) is 0. The Morgan fingerprint density at radius 3 is 2.75 bits per heavy atom. The maximum Gasteiger partial charge on any atom is 0.265 e. The van der Waals surface area contributed by atoms with Gasteiger partial charge >= 0.3 is 0 Å². The van der Waals surface area contributed by atoms with Crippen LogP contribution in [0.3, 0.4) is 0 Å². The minimum atomic E-state index is -0.680. The second-order valence-corrected chi connectivity index (χ2v) is 5.30. The lowest BCUT2D eigenvalue weighted by Crippen LogP contribution is -2.20. The molecule has 0 aliphatic rings. The van der Waals surface area contributed by atoms with Crippen molar-refractivity contribution in [1.82, 2.24) is 0 Å². The SMILES string of the molecule is Cc1ccc(C(=O)Nc2cccc(F)c2/C(N)=N/O)s1. The zero-order chi connectivity index (χ0) is 14.7. The van der Waals surface area contributed by atoms with Crippen LogP contribution in [0.2, 0.25) is 0 Å². The molecule has 0 fully saturated rings. The molecule has 20 heavy (non-hydrogen) atoms. The number of nitrogens with zero attached hydrogens (tertiary/aromatic N) is 1. The van der Waals surface area contributed by atoms with Gasteiger partial charge < -0.3 is 16.3 Å². The topological polar surface area (TPSA) is 87.7 Å². The Bertz CT molecular complexity index is 682. The van der Waals surface area contributed by atoms with Crippen LogP contribution >= 0.6 is 11.3 Å². The highest BCUT2D eigenvalue weighted by molar-refractivity contribution is 7.14. The number of benzene rings is 1. The molecule has 0 unspecified atom stereocenters. The molecular formula is C13H12FN3O2S. The smallest absolute Gasteiger partial charge is 0.265 e. The monoisotopic (exact) mass is 293 g/mol. The number of amides is 1. The fourth-order valence-corrected chi connectivity index (χ4v) is 2.44. The number of aryl methyl sites for hydroxylation is 1. The molecule has 0 saturated carbocycles. The lowest BCUT2D eigenvalue weighted by atomic mass is 10.1. The summed E-state index contributed by atoms with van der Waals surface area (Å²) in [6, 6.07) is 7.57. The predicted molar refractivity (Wildman–Crippen MR) is 75.9 cm³/mol. The van der Waals surface area contributed by atoms with E-state index in [2.05, 4.69) is 10.5 Å². The van der Waals surface area contributed by atoms with Gasteiger partial charge in [0.1, 0.15) is 5.82 Å². The molecule has 7 heteroatoms. The fourth-order valence-electron chi connectivity index (χ4n) is 1.68. The normalized spacial score (nSPS) is 11.4. The lowest BCUT2D eigenvalue weighted by molar-refractivity contribution is 0.103. The number of hydrogen-bond acceptors (Lipinski definition) is 4. The highest BCUT2D eigenvalue weighted by atomic mass is 32.1. The van der Waals surface area contributed by atoms with Crippen molar-refractivity contribution >= 4 is 28.8 Å². The van der Waals surface area contributed by atoms with Gasteiger partial charge in [-0.05, 0) is 31.2 Å². The first-order chi connectivity index (χ1) is 9.52. The highest BCUT2D eigenvalue weighted by Gasteiger charge is 2.16. The molecule has 0 aliphatic heterocycles. The highest BCUT2D eigenvalue weighted by Crippen LogP contribution is 2.21. The molecular weight excluding hydrogens is 281 g/mol. The van der Waals surface area contributed by atoms with E-state index >= 15 is 0 Å². The van der Waals surface area contributed by atoms with Gasteiger partial charge in [-0.1, -0.05) is 11.2 Å². The Morgan fingerprint density at radius 1 is 1.40 bits per heavy atom. The van der Waals surface area contributed by atoms with Crippen molar-refractivity contribution in [2.45, 2.75) is 6.92 Å². The van der Waals surface area contributed by atoms with Crippen molar-refractivity contribution in [2.24, 2.45) is 10.9 Å².